The fourth-order valence-electron chi connectivity index (χ4n) is 3.20. The minimum Gasteiger partial charge on any atom is -0.352 e. The van der Waals surface area contributed by atoms with Gasteiger partial charge >= 0.3 is 0 Å². The first-order valence-electron chi connectivity index (χ1n) is 10.0. The summed E-state index contributed by atoms with van der Waals surface area (Å²) in [4.78, 5) is 16.3. The van der Waals surface area contributed by atoms with Gasteiger partial charge in [-0.3, -0.25) is 4.79 Å². The number of amides is 1. The quantitative estimate of drug-likeness (QED) is 0.429. The maximum Gasteiger partial charge on any atom is 0.246 e. The molecule has 0 bridgehead atoms. The smallest absolute Gasteiger partial charge is 0.246 e. The number of benzene rings is 1. The van der Waals surface area contributed by atoms with E-state index in [1.807, 2.05) is 0 Å². The third kappa shape index (κ3) is 6.01. The molecular formula is C22H33N3O. The fraction of sp³-hybridized carbons (Fsp3) is 0.545. The average molecular weight is 356 g/mol. The van der Waals surface area contributed by atoms with E-state index in [0.29, 0.717) is 5.57 Å². The first-order chi connectivity index (χ1) is 12.6. The molecule has 0 atom stereocenters. The number of rotatable bonds is 12. The maximum atomic E-state index is 11.5. The molecule has 0 fully saturated rings. The van der Waals surface area contributed by atoms with Crippen molar-refractivity contribution in [1.82, 2.24) is 14.9 Å². The lowest BCUT2D eigenvalue weighted by molar-refractivity contribution is -0.117. The Morgan fingerprint density at radius 2 is 1.88 bits per heavy atom. The Balaban J connectivity index is 1.85. The highest BCUT2D eigenvalue weighted by Gasteiger charge is 2.10. The number of nitrogens with zero attached hydrogens (tertiary/aromatic N) is 2. The lowest BCUT2D eigenvalue weighted by Gasteiger charge is -2.09. The summed E-state index contributed by atoms with van der Waals surface area (Å²) < 4.78 is 2.41. The molecule has 0 aliphatic heterocycles. The molecule has 0 spiro atoms. The van der Waals surface area contributed by atoms with Gasteiger partial charge in [0.2, 0.25) is 5.91 Å². The molecule has 4 nitrogen and oxygen atoms in total. The molecular weight excluding hydrogens is 322 g/mol. The van der Waals surface area contributed by atoms with Gasteiger partial charge in [0, 0.05) is 25.1 Å². The molecule has 1 aromatic carbocycles. The SMILES string of the molecule is C=C(C)C(=O)NCCCCCc1nc2ccccc2n1CCCCCC. The zero-order chi connectivity index (χ0) is 18.8. The van der Waals surface area contributed by atoms with Crippen LogP contribution in [0.2, 0.25) is 0 Å². The van der Waals surface area contributed by atoms with Crippen LogP contribution in [0.15, 0.2) is 36.4 Å². The summed E-state index contributed by atoms with van der Waals surface area (Å²) in [6.07, 6.45) is 9.25. The van der Waals surface area contributed by atoms with Crippen molar-refractivity contribution < 1.29 is 4.79 Å². The van der Waals surface area contributed by atoms with Gasteiger partial charge in [-0.1, -0.05) is 51.3 Å². The second-order valence-corrected chi connectivity index (χ2v) is 7.08. The zero-order valence-electron chi connectivity index (χ0n) is 16.4. The number of nitrogens with one attached hydrogen (secondary N) is 1. The molecule has 2 rings (SSSR count). The van der Waals surface area contributed by atoms with Crippen LogP contribution in [0.3, 0.4) is 0 Å². The van der Waals surface area contributed by atoms with Gasteiger partial charge in [0.25, 0.3) is 0 Å². The molecule has 142 valence electrons. The molecule has 1 heterocycles. The first kappa shape index (κ1) is 20.2. The summed E-state index contributed by atoms with van der Waals surface area (Å²) in [5.41, 5.74) is 2.93. The van der Waals surface area contributed by atoms with Crippen molar-refractivity contribution in [2.45, 2.75) is 71.8 Å². The van der Waals surface area contributed by atoms with Crippen LogP contribution in [0.1, 0.15) is 64.6 Å². The summed E-state index contributed by atoms with van der Waals surface area (Å²) in [5, 5.41) is 2.89. The van der Waals surface area contributed by atoms with Gasteiger partial charge in [0.05, 0.1) is 11.0 Å². The molecule has 1 aromatic heterocycles. The average Bonchev–Trinajstić information content (AvgIpc) is 2.99. The minimum atomic E-state index is -0.0427. The van der Waals surface area contributed by atoms with Crippen LogP contribution in [0, 0.1) is 0 Å². The number of aromatic nitrogens is 2. The van der Waals surface area contributed by atoms with Crippen molar-refractivity contribution in [3.63, 3.8) is 0 Å². The number of imidazole rings is 1. The van der Waals surface area contributed by atoms with Crippen LogP contribution in [0.4, 0.5) is 0 Å². The molecule has 1 N–H and O–H groups in total. The van der Waals surface area contributed by atoms with Gasteiger partial charge in [0.1, 0.15) is 5.82 Å². The summed E-state index contributed by atoms with van der Waals surface area (Å²) >= 11 is 0. The van der Waals surface area contributed by atoms with Gasteiger partial charge in [-0.15, -0.1) is 0 Å². The zero-order valence-corrected chi connectivity index (χ0v) is 16.4. The van der Waals surface area contributed by atoms with E-state index in [2.05, 4.69) is 47.7 Å². The second-order valence-electron chi connectivity index (χ2n) is 7.08. The molecule has 1 amide bonds. The molecule has 2 aromatic rings. The van der Waals surface area contributed by atoms with Crippen LogP contribution in [0.25, 0.3) is 11.0 Å². The van der Waals surface area contributed by atoms with Crippen molar-refractivity contribution in [2.24, 2.45) is 0 Å². The second kappa shape index (κ2) is 10.8. The Bertz CT molecular complexity index is 717. The van der Waals surface area contributed by atoms with E-state index in [0.717, 1.165) is 44.3 Å². The highest BCUT2D eigenvalue weighted by Crippen LogP contribution is 2.19. The Hall–Kier alpha value is -2.10. The summed E-state index contributed by atoms with van der Waals surface area (Å²) in [5.74, 6) is 1.16. The van der Waals surface area contributed by atoms with Crippen molar-refractivity contribution in [3.05, 3.63) is 42.2 Å². The molecule has 0 aliphatic rings. The third-order valence-electron chi connectivity index (χ3n) is 4.72. The molecule has 0 radical (unpaired) electrons. The number of carbonyl (C=O) groups excluding carboxylic acids is 1. The third-order valence-corrected chi connectivity index (χ3v) is 4.72. The number of fused-ring (bicyclic) bond motifs is 1. The number of carbonyl (C=O) groups is 1. The molecule has 26 heavy (non-hydrogen) atoms. The van der Waals surface area contributed by atoms with E-state index in [-0.39, 0.29) is 5.91 Å². The van der Waals surface area contributed by atoms with E-state index in [1.165, 1.54) is 37.0 Å². The standard InChI is InChI=1S/C22H33N3O/c1-4-5-6-12-17-25-20-14-10-9-13-19(20)24-21(25)15-8-7-11-16-23-22(26)18(2)3/h9-10,13-14H,2,4-8,11-12,15-17H2,1,3H3,(H,23,26). The Morgan fingerprint density at radius 3 is 2.65 bits per heavy atom. The van der Waals surface area contributed by atoms with Crippen LogP contribution >= 0.6 is 0 Å². The monoisotopic (exact) mass is 355 g/mol. The number of hydrogen-bond donors (Lipinski definition) is 1. The number of aryl methyl sites for hydroxylation is 2. The number of unbranched alkanes of at least 4 members (excludes halogenated alkanes) is 5. The van der Waals surface area contributed by atoms with Gasteiger partial charge in [-0.05, 0) is 38.3 Å². The largest absolute Gasteiger partial charge is 0.352 e. The number of hydrogen-bond acceptors (Lipinski definition) is 2. The van der Waals surface area contributed by atoms with Gasteiger partial charge < -0.3 is 9.88 Å². The van der Waals surface area contributed by atoms with Crippen LogP contribution in [-0.4, -0.2) is 22.0 Å². The first-order valence-corrected chi connectivity index (χ1v) is 10.0. The van der Waals surface area contributed by atoms with Gasteiger partial charge in [-0.2, -0.15) is 0 Å². The molecule has 0 unspecified atom stereocenters. The lowest BCUT2D eigenvalue weighted by atomic mass is 10.1. The van der Waals surface area contributed by atoms with E-state index in [9.17, 15) is 4.79 Å². The van der Waals surface area contributed by atoms with E-state index < -0.39 is 0 Å². The van der Waals surface area contributed by atoms with Crippen LogP contribution in [0.5, 0.6) is 0 Å². The van der Waals surface area contributed by atoms with E-state index >= 15 is 0 Å². The van der Waals surface area contributed by atoms with Gasteiger partial charge in [-0.25, -0.2) is 4.98 Å². The van der Waals surface area contributed by atoms with Crippen molar-refractivity contribution in [1.29, 1.82) is 0 Å². The fourth-order valence-corrected chi connectivity index (χ4v) is 3.20. The van der Waals surface area contributed by atoms with Crippen molar-refractivity contribution >= 4 is 16.9 Å². The van der Waals surface area contributed by atoms with Gasteiger partial charge in [0.15, 0.2) is 0 Å². The predicted molar refractivity (Wildman–Crippen MR) is 109 cm³/mol. The number of para-hydroxylation sites is 2. The molecule has 4 heteroatoms. The molecule has 0 saturated carbocycles. The topological polar surface area (TPSA) is 46.9 Å². The summed E-state index contributed by atoms with van der Waals surface area (Å²) in [6, 6.07) is 8.44. The highest BCUT2D eigenvalue weighted by molar-refractivity contribution is 5.92. The summed E-state index contributed by atoms with van der Waals surface area (Å²) in [7, 11) is 0. The molecule has 0 saturated heterocycles. The predicted octanol–water partition coefficient (Wildman–Crippen LogP) is 5.02. The Morgan fingerprint density at radius 1 is 1.12 bits per heavy atom. The normalized spacial score (nSPS) is 11.0. The Labute approximate surface area is 157 Å². The molecule has 0 aliphatic carbocycles. The van der Waals surface area contributed by atoms with Crippen LogP contribution < -0.4 is 5.32 Å². The summed E-state index contributed by atoms with van der Waals surface area (Å²) in [6.45, 7) is 9.42. The van der Waals surface area contributed by atoms with Crippen LogP contribution in [-0.2, 0) is 17.8 Å². The van der Waals surface area contributed by atoms with E-state index in [4.69, 9.17) is 4.98 Å². The van der Waals surface area contributed by atoms with Crippen molar-refractivity contribution in [3.8, 4) is 0 Å². The minimum absolute atomic E-state index is 0.0427. The highest BCUT2D eigenvalue weighted by atomic mass is 16.1. The maximum absolute atomic E-state index is 11.5. The lowest BCUT2D eigenvalue weighted by Crippen LogP contribution is -2.24. The van der Waals surface area contributed by atoms with Crippen molar-refractivity contribution in [2.75, 3.05) is 6.54 Å². The van der Waals surface area contributed by atoms with E-state index in [1.54, 1.807) is 6.92 Å². The Kier molecular flexibility index (Phi) is 8.39.